The molecule has 3 N–H and O–H groups in total. The number of nitrogens with zero attached hydrogens (tertiary/aromatic N) is 1. The van der Waals surface area contributed by atoms with Gasteiger partial charge in [-0.15, -0.1) is 24.0 Å². The number of benzene rings is 1. The van der Waals surface area contributed by atoms with E-state index in [1.165, 1.54) is 11.1 Å². The molecule has 0 amide bonds. The minimum Gasteiger partial charge on any atom is -0.356 e. The molecule has 0 fully saturated rings. The molecule has 0 aliphatic carbocycles. The number of guanidine groups is 1. The van der Waals surface area contributed by atoms with Gasteiger partial charge >= 0.3 is 0 Å². The van der Waals surface area contributed by atoms with Crippen LogP contribution in [0.3, 0.4) is 0 Å². The number of halogens is 1. The molecule has 0 aliphatic rings. The molecule has 0 heterocycles. The van der Waals surface area contributed by atoms with Crippen LogP contribution >= 0.6 is 24.0 Å². The van der Waals surface area contributed by atoms with Gasteiger partial charge in [-0.25, -0.2) is 13.1 Å². The van der Waals surface area contributed by atoms with Crippen LogP contribution in [0.5, 0.6) is 0 Å². The Labute approximate surface area is 163 Å². The minimum absolute atomic E-state index is 0. The van der Waals surface area contributed by atoms with Crippen molar-refractivity contribution in [3.8, 4) is 0 Å². The molecule has 0 bridgehead atoms. The Morgan fingerprint density at radius 1 is 1.08 bits per heavy atom. The number of rotatable bonds is 9. The zero-order valence-electron chi connectivity index (χ0n) is 14.6. The fourth-order valence-electron chi connectivity index (χ4n) is 2.10. The lowest BCUT2D eigenvalue weighted by Crippen LogP contribution is -2.38. The molecule has 24 heavy (non-hydrogen) atoms. The van der Waals surface area contributed by atoms with Crippen molar-refractivity contribution in [1.82, 2.24) is 15.4 Å². The molecule has 1 aromatic carbocycles. The van der Waals surface area contributed by atoms with Crippen LogP contribution in [-0.4, -0.2) is 40.3 Å². The Balaban J connectivity index is 0.00000529. The summed E-state index contributed by atoms with van der Waals surface area (Å²) in [5.74, 6) is 0.828. The molecule has 0 saturated carbocycles. The van der Waals surface area contributed by atoms with Crippen LogP contribution in [0.4, 0.5) is 0 Å². The monoisotopic (exact) mass is 468 g/mol. The number of hydrogen-bond acceptors (Lipinski definition) is 3. The second kappa shape index (κ2) is 12.5. The van der Waals surface area contributed by atoms with Crippen LogP contribution in [0.25, 0.3) is 0 Å². The smallest absolute Gasteiger partial charge is 0.211 e. The number of hydrogen-bond donors (Lipinski definition) is 3. The van der Waals surface area contributed by atoms with Gasteiger partial charge in [0.15, 0.2) is 5.96 Å². The molecule has 0 unspecified atom stereocenters. The van der Waals surface area contributed by atoms with E-state index in [2.05, 4.69) is 39.4 Å². The number of aliphatic imine (C=N–C) groups is 1. The first-order chi connectivity index (χ1) is 11.0. The Kier molecular flexibility index (Phi) is 12.0. The van der Waals surface area contributed by atoms with E-state index in [0.717, 1.165) is 6.42 Å². The predicted molar refractivity (Wildman–Crippen MR) is 112 cm³/mol. The summed E-state index contributed by atoms with van der Waals surface area (Å²) < 4.78 is 25.2. The van der Waals surface area contributed by atoms with Crippen molar-refractivity contribution < 1.29 is 8.42 Å². The Bertz CT molecular complexity index is 606. The van der Waals surface area contributed by atoms with Gasteiger partial charge in [0.25, 0.3) is 0 Å². The molecule has 0 radical (unpaired) electrons. The normalized spacial score (nSPS) is 11.7. The standard InChI is InChI=1S/C16H28N4O2S.HI/c1-4-14-9-6-7-10-15(14)13-19-16(17-3)18-11-8-12-20-23(21,22)5-2;/h6-7,9-10,20H,4-5,8,11-13H2,1-3H3,(H2,17,18,19);1H. The summed E-state index contributed by atoms with van der Waals surface area (Å²) in [6, 6.07) is 8.32. The lowest BCUT2D eigenvalue weighted by molar-refractivity contribution is 0.579. The van der Waals surface area contributed by atoms with Gasteiger partial charge in [0.1, 0.15) is 0 Å². The van der Waals surface area contributed by atoms with Crippen molar-refractivity contribution >= 4 is 40.0 Å². The maximum absolute atomic E-state index is 11.3. The summed E-state index contributed by atoms with van der Waals surface area (Å²) in [6.45, 7) is 5.57. The summed E-state index contributed by atoms with van der Waals surface area (Å²) in [5.41, 5.74) is 2.58. The average molecular weight is 468 g/mol. The lowest BCUT2D eigenvalue weighted by Gasteiger charge is -2.14. The molecule has 1 aromatic rings. The van der Waals surface area contributed by atoms with Gasteiger partial charge in [0, 0.05) is 26.7 Å². The summed E-state index contributed by atoms with van der Waals surface area (Å²) in [6.07, 6.45) is 1.70. The number of aryl methyl sites for hydroxylation is 1. The zero-order chi connectivity index (χ0) is 17.1. The van der Waals surface area contributed by atoms with E-state index in [-0.39, 0.29) is 29.7 Å². The maximum atomic E-state index is 11.3. The third kappa shape index (κ3) is 8.84. The maximum Gasteiger partial charge on any atom is 0.211 e. The third-order valence-corrected chi connectivity index (χ3v) is 4.92. The van der Waals surface area contributed by atoms with Crippen molar-refractivity contribution in [2.45, 2.75) is 33.2 Å². The molecule has 138 valence electrons. The van der Waals surface area contributed by atoms with Crippen molar-refractivity contribution in [2.75, 3.05) is 25.9 Å². The molecule has 6 nitrogen and oxygen atoms in total. The molecule has 0 spiro atoms. The summed E-state index contributed by atoms with van der Waals surface area (Å²) in [4.78, 5) is 4.18. The van der Waals surface area contributed by atoms with Crippen LogP contribution in [-0.2, 0) is 23.0 Å². The van der Waals surface area contributed by atoms with E-state index in [1.54, 1.807) is 14.0 Å². The quantitative estimate of drug-likeness (QED) is 0.224. The largest absolute Gasteiger partial charge is 0.356 e. The first-order valence-corrected chi connectivity index (χ1v) is 9.66. The third-order valence-electron chi connectivity index (χ3n) is 3.52. The van der Waals surface area contributed by atoms with Gasteiger partial charge < -0.3 is 10.6 Å². The van der Waals surface area contributed by atoms with Gasteiger partial charge in [-0.1, -0.05) is 31.2 Å². The first kappa shape index (κ1) is 23.1. The van der Waals surface area contributed by atoms with Crippen LogP contribution in [0.2, 0.25) is 0 Å². The highest BCUT2D eigenvalue weighted by Gasteiger charge is 2.05. The number of nitrogens with one attached hydrogen (secondary N) is 3. The molecular formula is C16H29IN4O2S. The molecule has 8 heteroatoms. The molecule has 0 aromatic heterocycles. The molecule has 0 atom stereocenters. The average Bonchev–Trinajstić information content (AvgIpc) is 2.57. The lowest BCUT2D eigenvalue weighted by atomic mass is 10.1. The van der Waals surface area contributed by atoms with E-state index < -0.39 is 10.0 Å². The van der Waals surface area contributed by atoms with E-state index in [1.807, 2.05) is 12.1 Å². The summed E-state index contributed by atoms with van der Waals surface area (Å²) in [7, 11) is -1.38. The highest BCUT2D eigenvalue weighted by atomic mass is 127. The second-order valence-electron chi connectivity index (χ2n) is 5.13. The summed E-state index contributed by atoms with van der Waals surface area (Å²) in [5, 5.41) is 6.46. The van der Waals surface area contributed by atoms with Crippen molar-refractivity contribution in [2.24, 2.45) is 4.99 Å². The fourth-order valence-corrected chi connectivity index (χ4v) is 2.76. The Morgan fingerprint density at radius 2 is 1.75 bits per heavy atom. The van der Waals surface area contributed by atoms with Crippen molar-refractivity contribution in [3.05, 3.63) is 35.4 Å². The van der Waals surface area contributed by atoms with E-state index in [9.17, 15) is 8.42 Å². The van der Waals surface area contributed by atoms with Gasteiger partial charge in [0.05, 0.1) is 5.75 Å². The second-order valence-corrected chi connectivity index (χ2v) is 7.22. The first-order valence-electron chi connectivity index (χ1n) is 8.01. The fraction of sp³-hybridized carbons (Fsp3) is 0.562. The van der Waals surface area contributed by atoms with E-state index >= 15 is 0 Å². The predicted octanol–water partition coefficient (Wildman–Crippen LogP) is 1.86. The van der Waals surface area contributed by atoms with Crippen LogP contribution in [0.15, 0.2) is 29.3 Å². The molecular weight excluding hydrogens is 439 g/mol. The van der Waals surface area contributed by atoms with Gasteiger partial charge in [-0.3, -0.25) is 4.99 Å². The SMILES string of the molecule is CCc1ccccc1CNC(=NC)NCCCNS(=O)(=O)CC.I. The van der Waals surface area contributed by atoms with E-state index in [0.29, 0.717) is 32.0 Å². The Hall–Kier alpha value is -0.870. The van der Waals surface area contributed by atoms with Gasteiger partial charge in [-0.2, -0.15) is 0 Å². The van der Waals surface area contributed by atoms with Crippen LogP contribution in [0, 0.1) is 0 Å². The molecule has 0 saturated heterocycles. The van der Waals surface area contributed by atoms with Gasteiger partial charge in [-0.05, 0) is 30.9 Å². The van der Waals surface area contributed by atoms with Crippen LogP contribution < -0.4 is 15.4 Å². The van der Waals surface area contributed by atoms with Gasteiger partial charge in [0.2, 0.25) is 10.0 Å². The van der Waals surface area contributed by atoms with Crippen molar-refractivity contribution in [1.29, 1.82) is 0 Å². The zero-order valence-corrected chi connectivity index (χ0v) is 17.8. The van der Waals surface area contributed by atoms with Crippen molar-refractivity contribution in [3.63, 3.8) is 0 Å². The molecule has 0 aliphatic heterocycles. The van der Waals surface area contributed by atoms with E-state index in [4.69, 9.17) is 0 Å². The number of sulfonamides is 1. The molecule has 1 rings (SSSR count). The highest BCUT2D eigenvalue weighted by molar-refractivity contribution is 14.0. The topological polar surface area (TPSA) is 82.6 Å². The Morgan fingerprint density at radius 3 is 2.33 bits per heavy atom. The minimum atomic E-state index is -3.10. The summed E-state index contributed by atoms with van der Waals surface area (Å²) >= 11 is 0. The highest BCUT2D eigenvalue weighted by Crippen LogP contribution is 2.08. The van der Waals surface area contributed by atoms with Crippen LogP contribution in [0.1, 0.15) is 31.4 Å².